The van der Waals surface area contributed by atoms with Gasteiger partial charge in [0.2, 0.25) is 0 Å². The van der Waals surface area contributed by atoms with Crippen LogP contribution in [-0.4, -0.2) is 0 Å². The first kappa shape index (κ1) is 7.11. The second-order valence-electron chi connectivity index (χ2n) is 0.706. The third-order valence-electron chi connectivity index (χ3n) is 0.346. The number of hydrogen-bond acceptors (Lipinski definition) is 3. The fourth-order valence-electron chi connectivity index (χ4n) is 0.168. The van der Waals surface area contributed by atoms with Gasteiger partial charge in [0.15, 0.2) is 0 Å². The molecule has 0 saturated carbocycles. The topological polar surface area (TPSA) is 43.4 Å². The average molecular weight is 174 g/mol. The largest absolute Gasteiger partial charge is 0.585 e. The molecule has 0 atom stereocenters. The number of rotatable bonds is 0. The third kappa shape index (κ3) is 2.04. The van der Waals surface area contributed by atoms with E-state index in [2.05, 4.69) is 15.1 Å². The van der Waals surface area contributed by atoms with Crippen molar-refractivity contribution < 1.29 is 41.5 Å². The minimum Gasteiger partial charge on any atom is -0.585 e. The summed E-state index contributed by atoms with van der Waals surface area (Å²) in [7, 11) is 0. The van der Waals surface area contributed by atoms with Crippen LogP contribution >= 0.6 is 0 Å². The van der Waals surface area contributed by atoms with E-state index in [-0.39, 0.29) is 32.7 Å². The van der Waals surface area contributed by atoms with Gasteiger partial charge < -0.3 is 13.6 Å². The van der Waals surface area contributed by atoms with Gasteiger partial charge in [-0.3, -0.25) is 0 Å². The van der Waals surface area contributed by atoms with E-state index >= 15 is 0 Å². The maximum atomic E-state index is 9.70. The zero-order chi connectivity index (χ0) is 4.41. The Hall–Kier alpha value is 0.114. The van der Waals surface area contributed by atoms with Gasteiger partial charge >= 0.3 is 5.82 Å². The van der Waals surface area contributed by atoms with Crippen LogP contribution in [0.25, 0.3) is 0 Å². The van der Waals surface area contributed by atoms with Gasteiger partial charge in [-0.05, 0) is 6.26 Å². The summed E-state index contributed by atoms with van der Waals surface area (Å²) in [6.45, 7) is 0. The molecule has 1 aromatic rings. The van der Waals surface area contributed by atoms with Gasteiger partial charge in [0.05, 0.1) is 0 Å². The van der Waals surface area contributed by atoms with Crippen LogP contribution in [0.1, 0.15) is 0 Å². The van der Waals surface area contributed by atoms with E-state index in [1.807, 2.05) is 0 Å². The molecule has 0 fully saturated rings. The van der Waals surface area contributed by atoms with Crippen molar-refractivity contribution in [3.05, 3.63) is 23.1 Å². The Kier molecular flexibility index (Phi) is 3.21. The predicted molar refractivity (Wildman–Crippen MR) is 16.1 cm³/mol. The molecule has 0 aromatic carbocycles. The molecule has 0 aliphatic rings. The van der Waals surface area contributed by atoms with Crippen molar-refractivity contribution in [1.82, 2.24) is 0 Å². The van der Waals surface area contributed by atoms with Gasteiger partial charge in [-0.15, -0.1) is 0 Å². The summed E-state index contributed by atoms with van der Waals surface area (Å²) in [6.07, 6.45) is 3.13. The molecule has 7 heavy (non-hydrogen) atoms. The second-order valence-corrected chi connectivity index (χ2v) is 0.706. The van der Waals surface area contributed by atoms with Crippen molar-refractivity contribution in [3.8, 4) is 0 Å². The Bertz CT molecular complexity index is 148. The maximum absolute atomic E-state index is 9.70. The van der Waals surface area contributed by atoms with Crippen LogP contribution in [0.3, 0.4) is 0 Å². The molecule has 1 rings (SSSR count). The first-order valence-electron chi connectivity index (χ1n) is 1.34. The summed E-state index contributed by atoms with van der Waals surface area (Å²) >= 11 is 0. The van der Waals surface area contributed by atoms with Gasteiger partial charge in [-0.1, -0.05) is 0 Å². The van der Waals surface area contributed by atoms with E-state index in [0.29, 0.717) is 0 Å². The van der Waals surface area contributed by atoms with E-state index in [1.165, 1.54) is 0 Å². The van der Waals surface area contributed by atoms with Gasteiger partial charge in [0.25, 0.3) is 0 Å². The predicted octanol–water partition coefficient (Wildman–Crippen LogP) is 0.0305. The van der Waals surface area contributed by atoms with Crippen molar-refractivity contribution in [3.63, 3.8) is 0 Å². The molecule has 1 aromatic heterocycles. The van der Waals surface area contributed by atoms with Crippen molar-refractivity contribution in [1.29, 1.82) is 0 Å². The fourth-order valence-corrected chi connectivity index (χ4v) is 0.168. The Morgan fingerprint density at radius 2 is 2.43 bits per heavy atom. The van der Waals surface area contributed by atoms with Gasteiger partial charge in [0.1, 0.15) is 0 Å². The van der Waals surface area contributed by atoms with Crippen LogP contribution in [-0.2, 0) is 32.7 Å². The smallest absolute Gasteiger partial charge is 0.345 e. The summed E-state index contributed by atoms with van der Waals surface area (Å²) in [5.74, 6) is -0.713. The molecule has 0 unspecified atom stereocenters. The average Bonchev–Trinajstić information content (AvgIpc) is 1.86. The summed E-state index contributed by atoms with van der Waals surface area (Å²) in [4.78, 5) is 9.70. The van der Waals surface area contributed by atoms with Crippen LogP contribution in [0, 0.1) is 6.26 Å². The van der Waals surface area contributed by atoms with Gasteiger partial charge in [-0.2, -0.15) is 0 Å². The summed E-state index contributed by atoms with van der Waals surface area (Å²) in [5.41, 5.74) is 0. The van der Waals surface area contributed by atoms with E-state index in [1.54, 1.807) is 0 Å². The fraction of sp³-hybridized carbons (Fsp3) is 0. The molecular weight excluding hydrogens is 173 g/mol. The SMILES string of the molecule is O=c1o[c-]co1.[Y]. The minimum absolute atomic E-state index is 0. The van der Waals surface area contributed by atoms with Crippen LogP contribution in [0.2, 0.25) is 0 Å². The molecule has 4 heteroatoms. The molecule has 1 radical (unpaired) electrons. The first-order chi connectivity index (χ1) is 2.89. The van der Waals surface area contributed by atoms with Crippen molar-refractivity contribution in [2.24, 2.45) is 0 Å². The zero-order valence-corrected chi connectivity index (χ0v) is 6.22. The monoisotopic (exact) mass is 174 g/mol. The van der Waals surface area contributed by atoms with Crippen molar-refractivity contribution in [2.75, 3.05) is 0 Å². The van der Waals surface area contributed by atoms with E-state index in [4.69, 9.17) is 0 Å². The standard InChI is InChI=1S/C3HO3.Y/c4-3-5-1-2-6-3;/h1H;/q-1;. The first-order valence-corrected chi connectivity index (χ1v) is 1.34. The van der Waals surface area contributed by atoms with Crippen molar-refractivity contribution >= 4 is 0 Å². The number of hydrogen-bond donors (Lipinski definition) is 0. The minimum atomic E-state index is -0.713. The second kappa shape index (κ2) is 3.16. The van der Waals surface area contributed by atoms with Crippen molar-refractivity contribution in [2.45, 2.75) is 0 Å². The maximum Gasteiger partial charge on any atom is 0.345 e. The quantitative estimate of drug-likeness (QED) is 0.521. The molecule has 3 nitrogen and oxygen atoms in total. The van der Waals surface area contributed by atoms with Crippen LogP contribution < -0.4 is 5.82 Å². The summed E-state index contributed by atoms with van der Waals surface area (Å²) in [6, 6.07) is 0. The summed E-state index contributed by atoms with van der Waals surface area (Å²) in [5, 5.41) is 0. The Balaban J connectivity index is 0.000000360. The molecule has 0 spiro atoms. The Morgan fingerprint density at radius 3 is 2.57 bits per heavy atom. The zero-order valence-electron chi connectivity index (χ0n) is 3.38. The van der Waals surface area contributed by atoms with E-state index in [0.717, 1.165) is 6.26 Å². The molecule has 0 aliphatic heterocycles. The normalized spacial score (nSPS) is 7.43. The van der Waals surface area contributed by atoms with Gasteiger partial charge in [-0.25, -0.2) is 0 Å². The third-order valence-corrected chi connectivity index (χ3v) is 0.346. The molecule has 0 bridgehead atoms. The van der Waals surface area contributed by atoms with Crippen LogP contribution in [0.15, 0.2) is 19.9 Å². The molecule has 0 saturated heterocycles. The summed E-state index contributed by atoms with van der Waals surface area (Å²) < 4.78 is 8.04. The Morgan fingerprint density at radius 1 is 1.71 bits per heavy atom. The molecule has 0 N–H and O–H groups in total. The van der Waals surface area contributed by atoms with E-state index in [9.17, 15) is 4.79 Å². The molecule has 0 amide bonds. The van der Waals surface area contributed by atoms with E-state index < -0.39 is 5.82 Å². The molecule has 35 valence electrons. The molecule has 1 heterocycles. The molecule has 0 aliphatic carbocycles. The Labute approximate surface area is 64.6 Å². The van der Waals surface area contributed by atoms with Gasteiger partial charge in [0, 0.05) is 39.0 Å². The van der Waals surface area contributed by atoms with Crippen LogP contribution in [0.4, 0.5) is 0 Å². The molecular formula is C3HO3Y-. The van der Waals surface area contributed by atoms with Crippen LogP contribution in [0.5, 0.6) is 0 Å².